The van der Waals surface area contributed by atoms with E-state index in [1.165, 1.54) is 7.11 Å². The topological polar surface area (TPSA) is 134 Å². The van der Waals surface area contributed by atoms with Crippen molar-refractivity contribution >= 4 is 23.9 Å². The fourth-order valence-corrected chi connectivity index (χ4v) is 2.69. The van der Waals surface area contributed by atoms with Crippen LogP contribution >= 0.6 is 0 Å². The first-order valence-corrected chi connectivity index (χ1v) is 9.74. The highest BCUT2D eigenvalue weighted by Gasteiger charge is 2.36. The van der Waals surface area contributed by atoms with Gasteiger partial charge in [-0.15, -0.1) is 0 Å². The number of amides is 3. The number of nitrogens with one attached hydrogen (secondary N) is 2. The van der Waals surface area contributed by atoms with Gasteiger partial charge in [0.05, 0.1) is 13.7 Å². The van der Waals surface area contributed by atoms with Gasteiger partial charge in [0.2, 0.25) is 5.91 Å². The van der Waals surface area contributed by atoms with Gasteiger partial charge in [0.1, 0.15) is 24.2 Å². The molecular formula is C22H29N3O7. The number of aliphatic hydroxyl groups is 1. The molecule has 0 aliphatic heterocycles. The van der Waals surface area contributed by atoms with Crippen LogP contribution in [0, 0.1) is 19.4 Å². The molecule has 0 saturated heterocycles. The summed E-state index contributed by atoms with van der Waals surface area (Å²) in [4.78, 5) is 50.4. The lowest BCUT2D eigenvalue weighted by molar-refractivity contribution is -0.143. The number of nitrogens with zero attached hydrogens (tertiary/aromatic N) is 1. The Morgan fingerprint density at radius 1 is 1.22 bits per heavy atom. The number of carbonyl (C=O) groups excluding carboxylic acids is 4. The van der Waals surface area contributed by atoms with Crippen LogP contribution in [0.1, 0.15) is 37.9 Å². The van der Waals surface area contributed by atoms with E-state index in [2.05, 4.69) is 21.4 Å². The number of aryl methyl sites for hydroxylation is 1. The summed E-state index contributed by atoms with van der Waals surface area (Å²) in [5.41, 5.74) is 0.214. The Hall–Kier alpha value is -3.58. The monoisotopic (exact) mass is 447 g/mol. The standard InChI is InChI=1S/C22H29N3O7/c1-7-25(20(29)16(13-26)24-21(30)32-22(3,4)5)18(15-11-9-8-10-14(15)2)19(28)23-12-17(27)31-6/h1,8-11,16,18,26H,12-13H2,2-6H3,(H,23,28)(H,24,30). The van der Waals surface area contributed by atoms with Gasteiger partial charge in [0.25, 0.3) is 5.91 Å². The Bertz CT molecular complexity index is 886. The van der Waals surface area contributed by atoms with Gasteiger partial charge in [-0.1, -0.05) is 30.7 Å². The minimum absolute atomic E-state index is 0.398. The maximum atomic E-state index is 13.1. The van der Waals surface area contributed by atoms with Crippen LogP contribution in [0.5, 0.6) is 0 Å². The molecule has 174 valence electrons. The van der Waals surface area contributed by atoms with Gasteiger partial charge in [-0.3, -0.25) is 19.3 Å². The number of alkyl carbamates (subject to hydrolysis) is 1. The number of aliphatic hydroxyl groups excluding tert-OH is 1. The number of carbonyl (C=O) groups is 4. The maximum Gasteiger partial charge on any atom is 0.408 e. The van der Waals surface area contributed by atoms with E-state index in [0.717, 1.165) is 4.90 Å². The molecule has 10 nitrogen and oxygen atoms in total. The Balaban J connectivity index is 3.26. The minimum atomic E-state index is -1.47. The molecule has 0 fully saturated rings. The SMILES string of the molecule is C#CN(C(=O)C(CO)NC(=O)OC(C)(C)C)C(C(=O)NCC(=O)OC)c1ccccc1C. The van der Waals surface area contributed by atoms with E-state index in [0.29, 0.717) is 11.1 Å². The second-order valence-corrected chi connectivity index (χ2v) is 7.77. The predicted octanol–water partition coefficient (Wildman–Crippen LogP) is 0.630. The summed E-state index contributed by atoms with van der Waals surface area (Å²) in [5.74, 6) is -2.35. The Morgan fingerprint density at radius 3 is 2.34 bits per heavy atom. The summed E-state index contributed by atoms with van der Waals surface area (Å²) in [6.07, 6.45) is 4.62. The Labute approximate surface area is 187 Å². The first-order valence-electron chi connectivity index (χ1n) is 9.74. The number of rotatable bonds is 8. The van der Waals surface area contributed by atoms with E-state index < -0.39 is 54.7 Å². The zero-order valence-electron chi connectivity index (χ0n) is 18.8. The van der Waals surface area contributed by atoms with Crippen molar-refractivity contribution in [2.24, 2.45) is 0 Å². The van der Waals surface area contributed by atoms with Gasteiger partial charge in [-0.25, -0.2) is 4.79 Å². The molecule has 0 radical (unpaired) electrons. The molecule has 1 rings (SSSR count). The van der Waals surface area contributed by atoms with Crippen molar-refractivity contribution in [3.63, 3.8) is 0 Å². The molecule has 3 amide bonds. The molecule has 1 aromatic carbocycles. The van der Waals surface area contributed by atoms with Gasteiger partial charge >= 0.3 is 12.1 Å². The summed E-state index contributed by atoms with van der Waals surface area (Å²) in [6.45, 7) is 5.39. The van der Waals surface area contributed by atoms with E-state index in [-0.39, 0.29) is 0 Å². The molecular weight excluding hydrogens is 418 g/mol. The number of esters is 1. The third-order valence-electron chi connectivity index (χ3n) is 4.17. The molecule has 0 aromatic heterocycles. The number of ether oxygens (including phenoxy) is 2. The van der Waals surface area contributed by atoms with Crippen LogP contribution in [0.15, 0.2) is 24.3 Å². The first kappa shape index (κ1) is 26.5. The zero-order valence-corrected chi connectivity index (χ0v) is 18.8. The van der Waals surface area contributed by atoms with Gasteiger partial charge in [0, 0.05) is 6.04 Å². The maximum absolute atomic E-state index is 13.1. The summed E-state index contributed by atoms with van der Waals surface area (Å²) >= 11 is 0. The summed E-state index contributed by atoms with van der Waals surface area (Å²) in [6, 6.07) is 6.06. The van der Waals surface area contributed by atoms with Gasteiger partial charge in [-0.2, -0.15) is 0 Å². The molecule has 0 saturated carbocycles. The van der Waals surface area contributed by atoms with Crippen LogP contribution < -0.4 is 10.6 Å². The smallest absolute Gasteiger partial charge is 0.408 e. The lowest BCUT2D eigenvalue weighted by Crippen LogP contribution is -2.53. The van der Waals surface area contributed by atoms with Gasteiger partial charge in [0.15, 0.2) is 0 Å². The van der Waals surface area contributed by atoms with Crippen LogP contribution in [0.3, 0.4) is 0 Å². The van der Waals surface area contributed by atoms with Crippen molar-refractivity contribution < 1.29 is 33.8 Å². The van der Waals surface area contributed by atoms with Crippen molar-refractivity contribution in [1.29, 1.82) is 0 Å². The van der Waals surface area contributed by atoms with Gasteiger partial charge in [-0.05, 0) is 38.8 Å². The van der Waals surface area contributed by atoms with Crippen LogP contribution in [0.2, 0.25) is 0 Å². The van der Waals surface area contributed by atoms with E-state index in [1.54, 1.807) is 52.0 Å². The summed E-state index contributed by atoms with van der Waals surface area (Å²) in [5, 5.41) is 14.3. The van der Waals surface area contributed by atoms with Crippen molar-refractivity contribution in [3.05, 3.63) is 35.4 Å². The molecule has 0 heterocycles. The number of hydrogen-bond donors (Lipinski definition) is 3. The number of benzene rings is 1. The molecule has 3 N–H and O–H groups in total. The van der Waals surface area contributed by atoms with E-state index in [4.69, 9.17) is 11.2 Å². The molecule has 10 heteroatoms. The lowest BCUT2D eigenvalue weighted by Gasteiger charge is -2.30. The normalized spacial score (nSPS) is 12.5. The minimum Gasteiger partial charge on any atom is -0.468 e. The van der Waals surface area contributed by atoms with Crippen molar-refractivity contribution in [2.75, 3.05) is 20.3 Å². The fraction of sp³-hybridized carbons (Fsp3) is 0.455. The third kappa shape index (κ3) is 7.59. The van der Waals surface area contributed by atoms with E-state index >= 15 is 0 Å². The predicted molar refractivity (Wildman–Crippen MR) is 115 cm³/mol. The summed E-state index contributed by atoms with van der Waals surface area (Å²) < 4.78 is 9.62. The second-order valence-electron chi connectivity index (χ2n) is 7.77. The molecule has 0 aliphatic carbocycles. The molecule has 0 spiro atoms. The lowest BCUT2D eigenvalue weighted by atomic mass is 9.98. The molecule has 1 aromatic rings. The second kappa shape index (κ2) is 11.7. The van der Waals surface area contributed by atoms with E-state index in [9.17, 15) is 24.3 Å². The highest BCUT2D eigenvalue weighted by atomic mass is 16.6. The molecule has 32 heavy (non-hydrogen) atoms. The Kier molecular flexibility index (Phi) is 9.69. The molecule has 0 aliphatic rings. The highest BCUT2D eigenvalue weighted by molar-refractivity contribution is 5.94. The fourth-order valence-electron chi connectivity index (χ4n) is 2.69. The van der Waals surface area contributed by atoms with E-state index in [1.807, 2.05) is 0 Å². The number of methoxy groups -OCH3 is 1. The van der Waals surface area contributed by atoms with Crippen molar-refractivity contribution in [1.82, 2.24) is 15.5 Å². The summed E-state index contributed by atoms with van der Waals surface area (Å²) in [7, 11) is 1.17. The van der Waals surface area contributed by atoms with Crippen LogP contribution in [-0.4, -0.2) is 65.8 Å². The van der Waals surface area contributed by atoms with Crippen LogP contribution in [-0.2, 0) is 23.9 Å². The average Bonchev–Trinajstić information content (AvgIpc) is 2.72. The number of terminal acetylenes is 1. The van der Waals surface area contributed by atoms with Crippen molar-refractivity contribution in [3.8, 4) is 12.5 Å². The quantitative estimate of drug-likeness (QED) is 0.302. The number of hydrogen-bond acceptors (Lipinski definition) is 7. The van der Waals surface area contributed by atoms with Crippen LogP contribution in [0.4, 0.5) is 4.79 Å². The first-order chi connectivity index (χ1) is 14.9. The highest BCUT2D eigenvalue weighted by Crippen LogP contribution is 2.25. The molecule has 2 unspecified atom stereocenters. The third-order valence-corrected chi connectivity index (χ3v) is 4.17. The Morgan fingerprint density at radius 2 is 1.84 bits per heavy atom. The average molecular weight is 447 g/mol. The molecule has 2 atom stereocenters. The van der Waals surface area contributed by atoms with Crippen LogP contribution in [0.25, 0.3) is 0 Å². The molecule has 0 bridgehead atoms. The van der Waals surface area contributed by atoms with Crippen molar-refractivity contribution in [2.45, 2.75) is 45.4 Å². The van der Waals surface area contributed by atoms with Gasteiger partial charge < -0.3 is 25.2 Å². The largest absolute Gasteiger partial charge is 0.468 e. The zero-order chi connectivity index (χ0) is 24.5.